The number of carboxylic acid groups (broad SMARTS) is 1. The van der Waals surface area contributed by atoms with E-state index in [1.165, 1.54) is 24.3 Å². The third-order valence-electron chi connectivity index (χ3n) is 2.90. The Hall–Kier alpha value is -2.54. The first-order valence-electron chi connectivity index (χ1n) is 5.96. The molecule has 0 radical (unpaired) electrons. The van der Waals surface area contributed by atoms with Gasteiger partial charge >= 0.3 is 5.97 Å². The first-order valence-corrected chi connectivity index (χ1v) is 7.44. The minimum atomic E-state index is -3.98. The molecule has 2 rings (SSSR count). The summed E-state index contributed by atoms with van der Waals surface area (Å²) < 4.78 is 26.7. The Balaban J connectivity index is 2.43. The number of phenols is 1. The Bertz CT molecular complexity index is 799. The summed E-state index contributed by atoms with van der Waals surface area (Å²) >= 11 is 0. The Kier molecular flexibility index (Phi) is 3.86. The molecule has 0 unspecified atom stereocenters. The number of carbonyl (C=O) groups is 1. The van der Waals surface area contributed by atoms with Gasteiger partial charge in [-0.1, -0.05) is 18.2 Å². The van der Waals surface area contributed by atoms with E-state index in [-0.39, 0.29) is 21.9 Å². The molecular weight excluding hydrogens is 294 g/mol. The molecule has 0 amide bonds. The zero-order valence-electron chi connectivity index (χ0n) is 11.1. The van der Waals surface area contributed by atoms with Gasteiger partial charge in [-0.3, -0.25) is 4.72 Å². The van der Waals surface area contributed by atoms with E-state index in [0.717, 1.165) is 6.07 Å². The molecule has 0 aromatic heterocycles. The molecule has 110 valence electrons. The monoisotopic (exact) mass is 307 g/mol. The molecule has 2 aromatic rings. The van der Waals surface area contributed by atoms with Crippen LogP contribution in [-0.4, -0.2) is 24.6 Å². The fourth-order valence-electron chi connectivity index (χ4n) is 1.76. The molecule has 0 spiro atoms. The van der Waals surface area contributed by atoms with E-state index in [0.29, 0.717) is 5.56 Å². The van der Waals surface area contributed by atoms with Crippen LogP contribution in [0.15, 0.2) is 47.4 Å². The van der Waals surface area contributed by atoms with Crippen molar-refractivity contribution in [2.45, 2.75) is 11.8 Å². The molecule has 6 nitrogen and oxygen atoms in total. The van der Waals surface area contributed by atoms with E-state index >= 15 is 0 Å². The number of para-hydroxylation sites is 2. The quantitative estimate of drug-likeness (QED) is 0.751. The first kappa shape index (κ1) is 14.9. The molecule has 21 heavy (non-hydrogen) atoms. The molecule has 0 saturated heterocycles. The number of nitrogens with one attached hydrogen (secondary N) is 1. The topological polar surface area (TPSA) is 104 Å². The van der Waals surface area contributed by atoms with Gasteiger partial charge in [0.25, 0.3) is 10.0 Å². The molecule has 0 atom stereocenters. The van der Waals surface area contributed by atoms with Crippen LogP contribution in [0.25, 0.3) is 0 Å². The number of aromatic carboxylic acids is 1. The van der Waals surface area contributed by atoms with Crippen LogP contribution in [0.5, 0.6) is 5.75 Å². The summed E-state index contributed by atoms with van der Waals surface area (Å²) in [5.74, 6) is -1.42. The number of anilines is 1. The van der Waals surface area contributed by atoms with Crippen LogP contribution in [-0.2, 0) is 10.0 Å². The van der Waals surface area contributed by atoms with Crippen molar-refractivity contribution < 1.29 is 23.4 Å². The summed E-state index contributed by atoms with van der Waals surface area (Å²) in [6.07, 6.45) is 0. The first-order chi connectivity index (χ1) is 9.81. The highest BCUT2D eigenvalue weighted by Crippen LogP contribution is 2.25. The summed E-state index contributed by atoms with van der Waals surface area (Å²) in [4.78, 5) is 10.9. The van der Waals surface area contributed by atoms with Crippen LogP contribution >= 0.6 is 0 Å². The second kappa shape index (κ2) is 5.45. The summed E-state index contributed by atoms with van der Waals surface area (Å²) in [7, 11) is -3.98. The van der Waals surface area contributed by atoms with E-state index in [1.54, 1.807) is 19.1 Å². The van der Waals surface area contributed by atoms with Crippen molar-refractivity contribution in [2.24, 2.45) is 0 Å². The normalized spacial score (nSPS) is 11.1. The Labute approximate surface area is 121 Å². The van der Waals surface area contributed by atoms with E-state index in [4.69, 9.17) is 5.11 Å². The number of rotatable bonds is 4. The largest absolute Gasteiger partial charge is 0.506 e. The van der Waals surface area contributed by atoms with Gasteiger partial charge < -0.3 is 10.2 Å². The number of aryl methyl sites for hydroxylation is 1. The highest BCUT2D eigenvalue weighted by atomic mass is 32.2. The SMILES string of the molecule is Cc1ccc(S(=O)(=O)Nc2ccccc2O)cc1C(=O)O. The van der Waals surface area contributed by atoms with Gasteiger partial charge in [0.1, 0.15) is 5.75 Å². The van der Waals surface area contributed by atoms with Crippen molar-refractivity contribution in [3.05, 3.63) is 53.6 Å². The van der Waals surface area contributed by atoms with E-state index in [1.807, 2.05) is 0 Å². The van der Waals surface area contributed by atoms with Gasteiger partial charge in [0, 0.05) is 0 Å². The summed E-state index contributed by atoms with van der Waals surface area (Å²) in [6.45, 7) is 1.58. The average molecular weight is 307 g/mol. The van der Waals surface area contributed by atoms with Crippen LogP contribution < -0.4 is 4.72 Å². The number of sulfonamides is 1. The van der Waals surface area contributed by atoms with Gasteiger partial charge in [-0.25, -0.2) is 13.2 Å². The molecular formula is C14H13NO5S. The number of hydrogen-bond donors (Lipinski definition) is 3. The van der Waals surface area contributed by atoms with Crippen molar-refractivity contribution in [3.8, 4) is 5.75 Å². The third-order valence-corrected chi connectivity index (χ3v) is 4.26. The molecule has 0 bridgehead atoms. The molecule has 0 heterocycles. The predicted molar refractivity (Wildman–Crippen MR) is 77.1 cm³/mol. The summed E-state index contributed by atoms with van der Waals surface area (Å²) in [5.41, 5.74) is 0.397. The smallest absolute Gasteiger partial charge is 0.335 e. The van der Waals surface area contributed by atoms with E-state index in [2.05, 4.69) is 4.72 Å². The van der Waals surface area contributed by atoms with Gasteiger partial charge in [0.2, 0.25) is 0 Å². The highest BCUT2D eigenvalue weighted by molar-refractivity contribution is 7.92. The van der Waals surface area contributed by atoms with Crippen LogP contribution in [0.1, 0.15) is 15.9 Å². The maximum atomic E-state index is 12.2. The zero-order chi connectivity index (χ0) is 15.6. The Morgan fingerprint density at radius 1 is 1.14 bits per heavy atom. The fourth-order valence-corrected chi connectivity index (χ4v) is 2.86. The lowest BCUT2D eigenvalue weighted by molar-refractivity contribution is 0.0696. The Morgan fingerprint density at radius 3 is 2.43 bits per heavy atom. The number of aromatic hydroxyl groups is 1. The van der Waals surface area contributed by atoms with Crippen molar-refractivity contribution in [1.82, 2.24) is 0 Å². The van der Waals surface area contributed by atoms with Crippen molar-refractivity contribution in [2.75, 3.05) is 4.72 Å². The fraction of sp³-hybridized carbons (Fsp3) is 0.0714. The van der Waals surface area contributed by atoms with Crippen LogP contribution in [0, 0.1) is 6.92 Å². The van der Waals surface area contributed by atoms with Gasteiger partial charge in [-0.05, 0) is 36.8 Å². The third kappa shape index (κ3) is 3.14. The molecule has 0 aliphatic carbocycles. The van der Waals surface area contributed by atoms with Gasteiger partial charge in [0.05, 0.1) is 16.1 Å². The van der Waals surface area contributed by atoms with Gasteiger partial charge in [0.15, 0.2) is 0 Å². The lowest BCUT2D eigenvalue weighted by atomic mass is 10.1. The molecule has 7 heteroatoms. The maximum Gasteiger partial charge on any atom is 0.335 e. The lowest BCUT2D eigenvalue weighted by Crippen LogP contribution is -2.14. The van der Waals surface area contributed by atoms with Crippen LogP contribution in [0.3, 0.4) is 0 Å². The second-order valence-electron chi connectivity index (χ2n) is 4.40. The highest BCUT2D eigenvalue weighted by Gasteiger charge is 2.18. The average Bonchev–Trinajstić information content (AvgIpc) is 2.41. The molecule has 3 N–H and O–H groups in total. The maximum absolute atomic E-state index is 12.2. The van der Waals surface area contributed by atoms with Gasteiger partial charge in [-0.2, -0.15) is 0 Å². The number of carboxylic acids is 1. The van der Waals surface area contributed by atoms with Crippen LogP contribution in [0.4, 0.5) is 5.69 Å². The van der Waals surface area contributed by atoms with E-state index in [9.17, 15) is 18.3 Å². The lowest BCUT2D eigenvalue weighted by Gasteiger charge is -2.10. The zero-order valence-corrected chi connectivity index (χ0v) is 11.9. The molecule has 2 aromatic carbocycles. The van der Waals surface area contributed by atoms with Gasteiger partial charge in [-0.15, -0.1) is 0 Å². The minimum absolute atomic E-state index is 0.0231. The van der Waals surface area contributed by atoms with Crippen LogP contribution in [0.2, 0.25) is 0 Å². The van der Waals surface area contributed by atoms with Crippen molar-refractivity contribution in [1.29, 1.82) is 0 Å². The second-order valence-corrected chi connectivity index (χ2v) is 6.09. The Morgan fingerprint density at radius 2 is 1.81 bits per heavy atom. The van der Waals surface area contributed by atoms with Crippen molar-refractivity contribution in [3.63, 3.8) is 0 Å². The summed E-state index contributed by atoms with van der Waals surface area (Å²) in [6, 6.07) is 9.68. The summed E-state index contributed by atoms with van der Waals surface area (Å²) in [5, 5.41) is 18.6. The minimum Gasteiger partial charge on any atom is -0.506 e. The molecule has 0 aliphatic rings. The molecule has 0 aliphatic heterocycles. The standard InChI is InChI=1S/C14H13NO5S/c1-9-6-7-10(8-11(9)14(17)18)21(19,20)15-12-4-2-3-5-13(12)16/h2-8,15-16H,1H3,(H,17,18). The number of benzene rings is 2. The van der Waals surface area contributed by atoms with E-state index < -0.39 is 16.0 Å². The predicted octanol–water partition coefficient (Wildman–Crippen LogP) is 2.20. The number of phenolic OH excluding ortho intramolecular Hbond substituents is 1. The number of hydrogen-bond acceptors (Lipinski definition) is 4. The van der Waals surface area contributed by atoms with Crippen molar-refractivity contribution >= 4 is 21.7 Å². The molecule has 0 saturated carbocycles. The molecule has 0 fully saturated rings.